The third-order valence-corrected chi connectivity index (χ3v) is 4.23. The van der Waals surface area contributed by atoms with E-state index in [1.165, 1.54) is 4.68 Å². The molecule has 0 aliphatic rings. The van der Waals surface area contributed by atoms with Crippen LogP contribution in [0.1, 0.15) is 28.7 Å². The van der Waals surface area contributed by atoms with Crippen LogP contribution in [0.4, 0.5) is 11.4 Å². The molecule has 0 fully saturated rings. The predicted octanol–water partition coefficient (Wildman–Crippen LogP) is 3.18. The van der Waals surface area contributed by atoms with Crippen LogP contribution in [0, 0.1) is 13.8 Å². The van der Waals surface area contributed by atoms with Crippen LogP contribution in [0.5, 0.6) is 5.75 Å². The summed E-state index contributed by atoms with van der Waals surface area (Å²) < 4.78 is 6.92. The van der Waals surface area contributed by atoms with Crippen molar-refractivity contribution < 1.29 is 14.3 Å². The lowest BCUT2D eigenvalue weighted by molar-refractivity contribution is -0.117. The largest absolute Gasteiger partial charge is 0.492 e. The van der Waals surface area contributed by atoms with Gasteiger partial charge in [0.05, 0.1) is 18.0 Å². The minimum absolute atomic E-state index is 0.0460. The minimum atomic E-state index is -0.417. The number of hydrogen-bond donors (Lipinski definition) is 2. The molecule has 0 radical (unpaired) electrons. The molecule has 0 bridgehead atoms. The monoisotopic (exact) mass is 393 g/mol. The van der Waals surface area contributed by atoms with Gasteiger partial charge in [-0.1, -0.05) is 29.5 Å². The zero-order valence-electron chi connectivity index (χ0n) is 16.6. The van der Waals surface area contributed by atoms with Gasteiger partial charge in [-0.05, 0) is 50.6 Å². The zero-order valence-corrected chi connectivity index (χ0v) is 16.6. The Hall–Kier alpha value is -3.68. The molecule has 2 aromatic carbocycles. The zero-order chi connectivity index (χ0) is 20.8. The summed E-state index contributed by atoms with van der Waals surface area (Å²) in [4.78, 5) is 25.0. The van der Waals surface area contributed by atoms with Crippen LogP contribution in [-0.2, 0) is 11.3 Å². The molecule has 0 atom stereocenters. The lowest BCUT2D eigenvalue weighted by Gasteiger charge is -2.10. The van der Waals surface area contributed by atoms with Gasteiger partial charge < -0.3 is 15.4 Å². The molecule has 150 valence electrons. The summed E-state index contributed by atoms with van der Waals surface area (Å²) in [5.74, 6) is -0.0943. The van der Waals surface area contributed by atoms with E-state index in [0.29, 0.717) is 29.4 Å². The van der Waals surface area contributed by atoms with Crippen molar-refractivity contribution in [2.75, 3.05) is 17.2 Å². The molecular formula is C21H23N5O3. The second-order valence-corrected chi connectivity index (χ2v) is 6.48. The van der Waals surface area contributed by atoms with Gasteiger partial charge in [-0.15, -0.1) is 5.10 Å². The van der Waals surface area contributed by atoms with Gasteiger partial charge in [0.1, 0.15) is 12.3 Å². The fourth-order valence-electron chi connectivity index (χ4n) is 2.81. The highest BCUT2D eigenvalue weighted by Gasteiger charge is 2.19. The number of aromatic nitrogens is 3. The van der Waals surface area contributed by atoms with Crippen molar-refractivity contribution in [1.82, 2.24) is 15.0 Å². The third-order valence-electron chi connectivity index (χ3n) is 4.23. The Bertz CT molecular complexity index is 1030. The van der Waals surface area contributed by atoms with Crippen molar-refractivity contribution in [3.8, 4) is 5.75 Å². The molecule has 1 heterocycles. The predicted molar refractivity (Wildman–Crippen MR) is 110 cm³/mol. The third kappa shape index (κ3) is 4.98. The molecule has 2 N–H and O–H groups in total. The quantitative estimate of drug-likeness (QED) is 0.642. The van der Waals surface area contributed by atoms with Crippen LogP contribution in [0.25, 0.3) is 0 Å². The van der Waals surface area contributed by atoms with Crippen molar-refractivity contribution in [2.45, 2.75) is 27.3 Å². The van der Waals surface area contributed by atoms with E-state index in [1.807, 2.05) is 44.2 Å². The summed E-state index contributed by atoms with van der Waals surface area (Å²) in [5.41, 5.74) is 2.95. The Labute approximate surface area is 168 Å². The van der Waals surface area contributed by atoms with Gasteiger partial charge in [0, 0.05) is 5.69 Å². The molecule has 8 nitrogen and oxygen atoms in total. The Morgan fingerprint density at radius 2 is 1.86 bits per heavy atom. The van der Waals surface area contributed by atoms with E-state index < -0.39 is 5.91 Å². The fourth-order valence-corrected chi connectivity index (χ4v) is 2.81. The van der Waals surface area contributed by atoms with E-state index in [0.717, 1.165) is 5.56 Å². The molecule has 0 spiro atoms. The lowest BCUT2D eigenvalue weighted by Crippen LogP contribution is -2.21. The minimum Gasteiger partial charge on any atom is -0.492 e. The summed E-state index contributed by atoms with van der Waals surface area (Å²) >= 11 is 0. The highest BCUT2D eigenvalue weighted by atomic mass is 16.5. The van der Waals surface area contributed by atoms with Crippen molar-refractivity contribution in [3.63, 3.8) is 0 Å². The molecule has 29 heavy (non-hydrogen) atoms. The van der Waals surface area contributed by atoms with Crippen molar-refractivity contribution in [3.05, 3.63) is 65.5 Å². The lowest BCUT2D eigenvalue weighted by atomic mass is 10.2. The summed E-state index contributed by atoms with van der Waals surface area (Å²) in [5, 5.41) is 13.5. The Morgan fingerprint density at radius 3 is 2.62 bits per heavy atom. The van der Waals surface area contributed by atoms with Crippen molar-refractivity contribution >= 4 is 23.2 Å². The average molecular weight is 393 g/mol. The van der Waals surface area contributed by atoms with E-state index >= 15 is 0 Å². The second kappa shape index (κ2) is 9.01. The first-order chi connectivity index (χ1) is 14.0. The molecule has 0 aliphatic carbocycles. The summed E-state index contributed by atoms with van der Waals surface area (Å²) in [6.07, 6.45) is 0. The number of carbonyl (C=O) groups is 2. The maximum Gasteiger partial charge on any atom is 0.278 e. The molecule has 3 aromatic rings. The molecule has 3 rings (SSSR count). The summed E-state index contributed by atoms with van der Waals surface area (Å²) in [6, 6.07) is 14.7. The number of hydrogen-bond acceptors (Lipinski definition) is 5. The van der Waals surface area contributed by atoms with Gasteiger partial charge in [-0.3, -0.25) is 9.59 Å². The highest BCUT2D eigenvalue weighted by Crippen LogP contribution is 2.24. The number of ether oxygens (including phenoxy) is 1. The van der Waals surface area contributed by atoms with Crippen LogP contribution in [0.2, 0.25) is 0 Å². The number of amides is 2. The number of carbonyl (C=O) groups excluding carboxylic acids is 2. The maximum absolute atomic E-state index is 12.6. The topological polar surface area (TPSA) is 98.1 Å². The maximum atomic E-state index is 12.6. The Kier molecular flexibility index (Phi) is 6.23. The summed E-state index contributed by atoms with van der Waals surface area (Å²) in [6.45, 7) is 5.96. The fraction of sp³-hybridized carbons (Fsp3) is 0.238. The number of anilines is 2. The van der Waals surface area contributed by atoms with Gasteiger partial charge in [0.25, 0.3) is 5.91 Å². The Balaban J connectivity index is 1.69. The smallest absolute Gasteiger partial charge is 0.278 e. The van der Waals surface area contributed by atoms with E-state index in [4.69, 9.17) is 4.74 Å². The van der Waals surface area contributed by atoms with Crippen molar-refractivity contribution in [2.24, 2.45) is 0 Å². The van der Waals surface area contributed by atoms with E-state index in [9.17, 15) is 9.59 Å². The normalized spacial score (nSPS) is 10.4. The molecule has 1 aromatic heterocycles. The van der Waals surface area contributed by atoms with Gasteiger partial charge in [0.15, 0.2) is 5.69 Å². The molecule has 0 saturated carbocycles. The number of nitrogens with one attached hydrogen (secondary N) is 2. The average Bonchev–Trinajstić information content (AvgIpc) is 3.04. The Morgan fingerprint density at radius 1 is 1.07 bits per heavy atom. The number of aryl methyl sites for hydroxylation is 1. The molecule has 8 heteroatoms. The molecule has 0 unspecified atom stereocenters. The number of rotatable bonds is 7. The SMILES string of the molecule is CCOc1ccccc1NC(=O)c1nnn(CC(=O)Nc2cccc(C)c2)c1C. The van der Waals surface area contributed by atoms with Gasteiger partial charge in [-0.2, -0.15) is 0 Å². The van der Waals surface area contributed by atoms with Gasteiger partial charge >= 0.3 is 0 Å². The molecule has 0 saturated heterocycles. The number of benzene rings is 2. The number of para-hydroxylation sites is 2. The number of nitrogens with zero attached hydrogens (tertiary/aromatic N) is 3. The van der Waals surface area contributed by atoms with Gasteiger partial charge in [-0.25, -0.2) is 4.68 Å². The standard InChI is InChI=1S/C21H23N5O3/c1-4-29-18-11-6-5-10-17(18)23-21(28)20-15(3)26(25-24-20)13-19(27)22-16-9-7-8-14(2)12-16/h5-12H,4,13H2,1-3H3,(H,22,27)(H,23,28). The highest BCUT2D eigenvalue weighted by molar-refractivity contribution is 6.04. The second-order valence-electron chi connectivity index (χ2n) is 6.48. The van der Waals surface area contributed by atoms with E-state index in [2.05, 4.69) is 20.9 Å². The van der Waals surface area contributed by atoms with E-state index in [-0.39, 0.29) is 18.1 Å². The van der Waals surface area contributed by atoms with Crippen LogP contribution in [0.3, 0.4) is 0 Å². The molecule has 0 aliphatic heterocycles. The van der Waals surface area contributed by atoms with Crippen LogP contribution < -0.4 is 15.4 Å². The van der Waals surface area contributed by atoms with Crippen LogP contribution >= 0.6 is 0 Å². The summed E-state index contributed by atoms with van der Waals surface area (Å²) in [7, 11) is 0. The first kappa shape index (κ1) is 20.1. The van der Waals surface area contributed by atoms with Crippen LogP contribution in [0.15, 0.2) is 48.5 Å². The molecular weight excluding hydrogens is 370 g/mol. The first-order valence-electron chi connectivity index (χ1n) is 9.27. The van der Waals surface area contributed by atoms with E-state index in [1.54, 1.807) is 25.1 Å². The van der Waals surface area contributed by atoms with Crippen molar-refractivity contribution in [1.29, 1.82) is 0 Å². The first-order valence-corrected chi connectivity index (χ1v) is 9.27. The molecule has 2 amide bonds. The van der Waals surface area contributed by atoms with Crippen LogP contribution in [-0.4, -0.2) is 33.4 Å². The van der Waals surface area contributed by atoms with Gasteiger partial charge in [0.2, 0.25) is 5.91 Å².